The Hall–Kier alpha value is -0.0800. The molecule has 2 fully saturated rings. The van der Waals surface area contributed by atoms with E-state index in [0.29, 0.717) is 0 Å². The van der Waals surface area contributed by atoms with E-state index in [1.807, 2.05) is 0 Å². The van der Waals surface area contributed by atoms with E-state index in [0.717, 1.165) is 38.5 Å². The zero-order chi connectivity index (χ0) is 9.31. The van der Waals surface area contributed by atoms with Crippen LogP contribution in [0.5, 0.6) is 0 Å². The summed E-state index contributed by atoms with van der Waals surface area (Å²) >= 11 is 0. The SMILES string of the molecule is O[C@H]1CCCCC12CCCC[C@@H]2O. The molecule has 0 aliphatic heterocycles. The van der Waals surface area contributed by atoms with E-state index >= 15 is 0 Å². The average molecular weight is 184 g/mol. The molecule has 0 radical (unpaired) electrons. The van der Waals surface area contributed by atoms with Crippen LogP contribution in [-0.4, -0.2) is 22.4 Å². The summed E-state index contributed by atoms with van der Waals surface area (Å²) in [6, 6.07) is 0. The summed E-state index contributed by atoms with van der Waals surface area (Å²) in [4.78, 5) is 0. The van der Waals surface area contributed by atoms with Gasteiger partial charge in [-0.3, -0.25) is 0 Å². The molecule has 1 spiro atoms. The van der Waals surface area contributed by atoms with Crippen LogP contribution in [0.15, 0.2) is 0 Å². The van der Waals surface area contributed by atoms with Crippen LogP contribution >= 0.6 is 0 Å². The summed E-state index contributed by atoms with van der Waals surface area (Å²) in [5.74, 6) is 0. The molecule has 0 aromatic carbocycles. The number of hydrogen-bond acceptors (Lipinski definition) is 2. The van der Waals surface area contributed by atoms with Crippen LogP contribution in [0.2, 0.25) is 0 Å². The van der Waals surface area contributed by atoms with Gasteiger partial charge in [-0.1, -0.05) is 25.7 Å². The van der Waals surface area contributed by atoms with Gasteiger partial charge in [0.05, 0.1) is 12.2 Å². The molecule has 2 saturated carbocycles. The highest BCUT2D eigenvalue weighted by Crippen LogP contribution is 2.47. The van der Waals surface area contributed by atoms with E-state index < -0.39 is 0 Å². The van der Waals surface area contributed by atoms with Gasteiger partial charge >= 0.3 is 0 Å². The number of rotatable bonds is 0. The van der Waals surface area contributed by atoms with Gasteiger partial charge < -0.3 is 10.2 Å². The Bertz CT molecular complexity index is 159. The molecule has 13 heavy (non-hydrogen) atoms. The maximum absolute atomic E-state index is 9.99. The monoisotopic (exact) mass is 184 g/mol. The topological polar surface area (TPSA) is 40.5 Å². The summed E-state index contributed by atoms with van der Waals surface area (Å²) in [5.41, 5.74) is -0.115. The minimum atomic E-state index is -0.239. The summed E-state index contributed by atoms with van der Waals surface area (Å²) in [6.07, 6.45) is 8.04. The van der Waals surface area contributed by atoms with Crippen LogP contribution in [0.25, 0.3) is 0 Å². The Morgan fingerprint density at radius 1 is 0.769 bits per heavy atom. The molecule has 0 aromatic rings. The third kappa shape index (κ3) is 1.50. The van der Waals surface area contributed by atoms with Crippen molar-refractivity contribution in [3.63, 3.8) is 0 Å². The average Bonchev–Trinajstić information content (AvgIpc) is 2.15. The molecule has 0 aromatic heterocycles. The molecule has 2 atom stereocenters. The lowest BCUT2D eigenvalue weighted by molar-refractivity contribution is -0.116. The fraction of sp³-hybridized carbons (Fsp3) is 1.00. The van der Waals surface area contributed by atoms with Gasteiger partial charge in [0.2, 0.25) is 0 Å². The first-order valence-electron chi connectivity index (χ1n) is 5.62. The molecule has 2 heteroatoms. The predicted octanol–water partition coefficient (Wildman–Crippen LogP) is 1.84. The van der Waals surface area contributed by atoms with Crippen molar-refractivity contribution in [2.24, 2.45) is 5.41 Å². The van der Waals surface area contributed by atoms with Crippen molar-refractivity contribution in [2.45, 2.75) is 63.6 Å². The molecule has 2 nitrogen and oxygen atoms in total. The van der Waals surface area contributed by atoms with Gasteiger partial charge in [-0.25, -0.2) is 0 Å². The van der Waals surface area contributed by atoms with Crippen LogP contribution < -0.4 is 0 Å². The molecule has 2 N–H and O–H groups in total. The molecule has 0 bridgehead atoms. The van der Waals surface area contributed by atoms with E-state index in [2.05, 4.69) is 0 Å². The Kier molecular flexibility index (Phi) is 2.61. The van der Waals surface area contributed by atoms with Crippen molar-refractivity contribution in [3.8, 4) is 0 Å². The van der Waals surface area contributed by atoms with Crippen molar-refractivity contribution < 1.29 is 10.2 Å². The molecule has 0 amide bonds. The van der Waals surface area contributed by atoms with Crippen molar-refractivity contribution in [1.82, 2.24) is 0 Å². The number of aliphatic hydroxyl groups is 2. The molecule has 0 heterocycles. The van der Waals surface area contributed by atoms with E-state index in [1.54, 1.807) is 0 Å². The maximum Gasteiger partial charge on any atom is 0.0621 e. The maximum atomic E-state index is 9.99. The van der Waals surface area contributed by atoms with Crippen LogP contribution in [-0.2, 0) is 0 Å². The van der Waals surface area contributed by atoms with Crippen molar-refractivity contribution in [3.05, 3.63) is 0 Å². The summed E-state index contributed by atoms with van der Waals surface area (Å²) < 4.78 is 0. The molecular weight excluding hydrogens is 164 g/mol. The highest BCUT2D eigenvalue weighted by Gasteiger charge is 2.46. The first-order chi connectivity index (χ1) is 6.26. The standard InChI is InChI=1S/C11H20O2/c12-9-5-1-3-7-11(9)8-4-2-6-10(11)13/h9-10,12-13H,1-8H2/t9-,10-,11?/m0/s1. The highest BCUT2D eigenvalue weighted by atomic mass is 16.3. The largest absolute Gasteiger partial charge is 0.392 e. The van der Waals surface area contributed by atoms with Crippen molar-refractivity contribution in [1.29, 1.82) is 0 Å². The molecule has 2 rings (SSSR count). The van der Waals surface area contributed by atoms with Gasteiger partial charge in [0.1, 0.15) is 0 Å². The zero-order valence-electron chi connectivity index (χ0n) is 8.21. The van der Waals surface area contributed by atoms with Crippen LogP contribution in [0, 0.1) is 5.41 Å². The second-order valence-corrected chi connectivity index (χ2v) is 4.76. The predicted molar refractivity (Wildman–Crippen MR) is 51.4 cm³/mol. The Morgan fingerprint density at radius 2 is 1.23 bits per heavy atom. The molecule has 0 saturated heterocycles. The molecule has 2 aliphatic carbocycles. The van der Waals surface area contributed by atoms with Gasteiger partial charge in [-0.05, 0) is 25.7 Å². The van der Waals surface area contributed by atoms with Gasteiger partial charge in [-0.2, -0.15) is 0 Å². The quantitative estimate of drug-likeness (QED) is 0.603. The van der Waals surface area contributed by atoms with Gasteiger partial charge in [0.25, 0.3) is 0 Å². The van der Waals surface area contributed by atoms with Crippen LogP contribution in [0.4, 0.5) is 0 Å². The molecule has 2 aliphatic rings. The van der Waals surface area contributed by atoms with Crippen molar-refractivity contribution >= 4 is 0 Å². The molecule has 0 unspecified atom stereocenters. The van der Waals surface area contributed by atoms with Crippen LogP contribution in [0.1, 0.15) is 51.4 Å². The first kappa shape index (κ1) is 9.47. The van der Waals surface area contributed by atoms with Gasteiger partial charge in [0, 0.05) is 5.41 Å². The first-order valence-corrected chi connectivity index (χ1v) is 5.62. The van der Waals surface area contributed by atoms with Crippen LogP contribution in [0.3, 0.4) is 0 Å². The second kappa shape index (κ2) is 3.58. The molecule has 76 valence electrons. The van der Waals surface area contributed by atoms with Gasteiger partial charge in [0.15, 0.2) is 0 Å². The summed E-state index contributed by atoms with van der Waals surface area (Å²) in [5, 5.41) is 20.0. The van der Waals surface area contributed by atoms with E-state index in [9.17, 15) is 10.2 Å². The minimum absolute atomic E-state index is 0.115. The lowest BCUT2D eigenvalue weighted by atomic mass is 9.62. The Balaban J connectivity index is 2.13. The fourth-order valence-corrected chi connectivity index (χ4v) is 3.17. The Morgan fingerprint density at radius 3 is 1.62 bits per heavy atom. The zero-order valence-corrected chi connectivity index (χ0v) is 8.21. The third-order valence-corrected chi connectivity index (χ3v) is 4.07. The smallest absolute Gasteiger partial charge is 0.0621 e. The summed E-state index contributed by atoms with van der Waals surface area (Å²) in [7, 11) is 0. The third-order valence-electron chi connectivity index (χ3n) is 4.07. The van der Waals surface area contributed by atoms with E-state index in [4.69, 9.17) is 0 Å². The molecular formula is C11H20O2. The van der Waals surface area contributed by atoms with Gasteiger partial charge in [-0.15, -0.1) is 0 Å². The Labute approximate surface area is 80.0 Å². The fourth-order valence-electron chi connectivity index (χ4n) is 3.17. The number of hydrogen-bond donors (Lipinski definition) is 2. The normalized spacial score (nSPS) is 39.2. The van der Waals surface area contributed by atoms with E-state index in [-0.39, 0.29) is 17.6 Å². The second-order valence-electron chi connectivity index (χ2n) is 4.76. The number of aliphatic hydroxyl groups excluding tert-OH is 2. The minimum Gasteiger partial charge on any atom is -0.392 e. The van der Waals surface area contributed by atoms with Crippen molar-refractivity contribution in [2.75, 3.05) is 0 Å². The summed E-state index contributed by atoms with van der Waals surface area (Å²) in [6.45, 7) is 0. The lowest BCUT2D eigenvalue weighted by Crippen LogP contribution is -2.49. The van der Waals surface area contributed by atoms with E-state index in [1.165, 1.54) is 12.8 Å². The lowest BCUT2D eigenvalue weighted by Gasteiger charge is -2.47. The highest BCUT2D eigenvalue weighted by molar-refractivity contribution is 4.97.